The van der Waals surface area contributed by atoms with Crippen molar-refractivity contribution in [3.63, 3.8) is 0 Å². The van der Waals surface area contributed by atoms with E-state index >= 15 is 0 Å². The lowest BCUT2D eigenvalue weighted by Gasteiger charge is -2.39. The SMILES string of the molecule is CC1CN(c2cccc3ccccc23)C(C)CN1. The first-order valence-electron chi connectivity index (χ1n) is 6.73. The molecule has 0 bridgehead atoms. The summed E-state index contributed by atoms with van der Waals surface area (Å²) in [5, 5.41) is 6.23. The fourth-order valence-corrected chi connectivity index (χ4v) is 2.82. The van der Waals surface area contributed by atoms with Crippen molar-refractivity contribution in [1.29, 1.82) is 0 Å². The summed E-state index contributed by atoms with van der Waals surface area (Å²) in [6.45, 7) is 6.68. The van der Waals surface area contributed by atoms with Crippen LogP contribution in [-0.4, -0.2) is 25.2 Å². The van der Waals surface area contributed by atoms with Gasteiger partial charge in [0.2, 0.25) is 0 Å². The molecule has 0 amide bonds. The first-order chi connectivity index (χ1) is 8.75. The molecular formula is C16H20N2. The molecule has 1 heterocycles. The van der Waals surface area contributed by atoms with Crippen LogP contribution < -0.4 is 10.2 Å². The van der Waals surface area contributed by atoms with Crippen molar-refractivity contribution < 1.29 is 0 Å². The molecule has 1 aliphatic rings. The van der Waals surface area contributed by atoms with Crippen molar-refractivity contribution >= 4 is 16.5 Å². The predicted octanol–water partition coefficient (Wildman–Crippen LogP) is 3.03. The van der Waals surface area contributed by atoms with E-state index in [9.17, 15) is 0 Å². The van der Waals surface area contributed by atoms with Crippen molar-refractivity contribution in [2.24, 2.45) is 0 Å². The van der Waals surface area contributed by atoms with Crippen LogP contribution in [0, 0.1) is 0 Å². The van der Waals surface area contributed by atoms with Crippen LogP contribution >= 0.6 is 0 Å². The van der Waals surface area contributed by atoms with Gasteiger partial charge >= 0.3 is 0 Å². The van der Waals surface area contributed by atoms with E-state index in [4.69, 9.17) is 0 Å². The molecule has 2 atom stereocenters. The molecule has 2 aromatic rings. The topological polar surface area (TPSA) is 15.3 Å². The smallest absolute Gasteiger partial charge is 0.0449 e. The van der Waals surface area contributed by atoms with Gasteiger partial charge in [-0.25, -0.2) is 0 Å². The Morgan fingerprint density at radius 3 is 2.72 bits per heavy atom. The highest BCUT2D eigenvalue weighted by molar-refractivity contribution is 5.94. The number of benzene rings is 2. The van der Waals surface area contributed by atoms with Crippen LogP contribution in [0.2, 0.25) is 0 Å². The summed E-state index contributed by atoms with van der Waals surface area (Å²) in [5.74, 6) is 0. The standard InChI is InChI=1S/C16H20N2/c1-12-11-18(13(2)10-17-12)16-9-5-7-14-6-3-4-8-15(14)16/h3-9,12-13,17H,10-11H2,1-2H3. The molecule has 2 unspecified atom stereocenters. The third-order valence-corrected chi connectivity index (χ3v) is 3.84. The molecule has 0 aromatic heterocycles. The molecule has 2 aromatic carbocycles. The van der Waals surface area contributed by atoms with Crippen LogP contribution in [0.4, 0.5) is 5.69 Å². The Morgan fingerprint density at radius 1 is 1.06 bits per heavy atom. The Morgan fingerprint density at radius 2 is 1.83 bits per heavy atom. The van der Waals surface area contributed by atoms with Crippen LogP contribution in [0.25, 0.3) is 10.8 Å². The highest BCUT2D eigenvalue weighted by Gasteiger charge is 2.23. The van der Waals surface area contributed by atoms with E-state index in [0.29, 0.717) is 12.1 Å². The van der Waals surface area contributed by atoms with E-state index in [2.05, 4.69) is 66.5 Å². The Balaban J connectivity index is 2.07. The fourth-order valence-electron chi connectivity index (χ4n) is 2.82. The maximum absolute atomic E-state index is 3.54. The van der Waals surface area contributed by atoms with Crippen LogP contribution in [0.3, 0.4) is 0 Å². The maximum Gasteiger partial charge on any atom is 0.0449 e. The summed E-state index contributed by atoms with van der Waals surface area (Å²) >= 11 is 0. The number of nitrogens with zero attached hydrogens (tertiary/aromatic N) is 1. The first-order valence-corrected chi connectivity index (χ1v) is 6.73. The van der Waals surface area contributed by atoms with E-state index in [1.165, 1.54) is 16.5 Å². The number of fused-ring (bicyclic) bond motifs is 1. The van der Waals surface area contributed by atoms with Crippen LogP contribution in [0.1, 0.15) is 13.8 Å². The summed E-state index contributed by atoms with van der Waals surface area (Å²) < 4.78 is 0. The summed E-state index contributed by atoms with van der Waals surface area (Å²) in [6.07, 6.45) is 0. The molecule has 0 saturated carbocycles. The molecule has 0 radical (unpaired) electrons. The second-order valence-corrected chi connectivity index (χ2v) is 5.31. The zero-order chi connectivity index (χ0) is 12.5. The van der Waals surface area contributed by atoms with E-state index < -0.39 is 0 Å². The summed E-state index contributed by atoms with van der Waals surface area (Å²) in [6, 6.07) is 16.4. The average molecular weight is 240 g/mol. The lowest BCUT2D eigenvalue weighted by atomic mass is 10.0. The van der Waals surface area contributed by atoms with Crippen LogP contribution in [0.15, 0.2) is 42.5 Å². The Bertz CT molecular complexity index is 544. The Kier molecular flexibility index (Phi) is 2.96. The number of hydrogen-bond donors (Lipinski definition) is 1. The number of anilines is 1. The summed E-state index contributed by atoms with van der Waals surface area (Å²) in [5.41, 5.74) is 1.37. The lowest BCUT2D eigenvalue weighted by Crippen LogP contribution is -2.54. The zero-order valence-corrected chi connectivity index (χ0v) is 11.1. The third kappa shape index (κ3) is 1.97. The van der Waals surface area contributed by atoms with Gasteiger partial charge in [-0.15, -0.1) is 0 Å². The second-order valence-electron chi connectivity index (χ2n) is 5.31. The highest BCUT2D eigenvalue weighted by Crippen LogP contribution is 2.29. The van der Waals surface area contributed by atoms with Crippen molar-refractivity contribution in [2.45, 2.75) is 25.9 Å². The molecule has 0 spiro atoms. The summed E-state index contributed by atoms with van der Waals surface area (Å²) in [4.78, 5) is 2.53. The van der Waals surface area contributed by atoms with Gasteiger partial charge in [-0.05, 0) is 25.3 Å². The molecular weight excluding hydrogens is 220 g/mol. The van der Waals surface area contributed by atoms with Crippen LogP contribution in [-0.2, 0) is 0 Å². The fraction of sp³-hybridized carbons (Fsp3) is 0.375. The van der Waals surface area contributed by atoms with Gasteiger partial charge in [-0.2, -0.15) is 0 Å². The maximum atomic E-state index is 3.54. The Labute approximate surface area is 109 Å². The van der Waals surface area contributed by atoms with Gasteiger partial charge in [0.05, 0.1) is 0 Å². The predicted molar refractivity (Wildman–Crippen MR) is 78.2 cm³/mol. The van der Waals surface area contributed by atoms with Gasteiger partial charge in [0.1, 0.15) is 0 Å². The number of piperazine rings is 1. The minimum absolute atomic E-state index is 0.548. The molecule has 2 nitrogen and oxygen atoms in total. The molecule has 2 heteroatoms. The third-order valence-electron chi connectivity index (χ3n) is 3.84. The molecule has 0 aliphatic carbocycles. The van der Waals surface area contributed by atoms with Crippen molar-refractivity contribution in [2.75, 3.05) is 18.0 Å². The number of rotatable bonds is 1. The van der Waals surface area contributed by atoms with Gasteiger partial charge < -0.3 is 10.2 Å². The quantitative estimate of drug-likeness (QED) is 0.824. The zero-order valence-electron chi connectivity index (χ0n) is 11.1. The van der Waals surface area contributed by atoms with E-state index in [1.807, 2.05) is 0 Å². The summed E-state index contributed by atoms with van der Waals surface area (Å²) in [7, 11) is 0. The largest absolute Gasteiger partial charge is 0.365 e. The van der Waals surface area contributed by atoms with Gasteiger partial charge in [-0.1, -0.05) is 36.4 Å². The minimum atomic E-state index is 0.548. The molecule has 18 heavy (non-hydrogen) atoms. The molecule has 1 N–H and O–H groups in total. The van der Waals surface area contributed by atoms with Gasteiger partial charge in [0.25, 0.3) is 0 Å². The first kappa shape index (κ1) is 11.5. The Hall–Kier alpha value is -1.54. The average Bonchev–Trinajstić information content (AvgIpc) is 2.41. The number of nitrogens with one attached hydrogen (secondary N) is 1. The van der Waals surface area contributed by atoms with Crippen LogP contribution in [0.5, 0.6) is 0 Å². The van der Waals surface area contributed by atoms with Gasteiger partial charge in [0, 0.05) is 36.2 Å². The monoisotopic (exact) mass is 240 g/mol. The van der Waals surface area contributed by atoms with E-state index in [1.54, 1.807) is 0 Å². The van der Waals surface area contributed by atoms with E-state index in [-0.39, 0.29) is 0 Å². The van der Waals surface area contributed by atoms with E-state index in [0.717, 1.165) is 13.1 Å². The molecule has 1 aliphatic heterocycles. The second kappa shape index (κ2) is 4.62. The minimum Gasteiger partial charge on any atom is -0.365 e. The van der Waals surface area contributed by atoms with Crippen molar-refractivity contribution in [3.8, 4) is 0 Å². The lowest BCUT2D eigenvalue weighted by molar-refractivity contribution is 0.426. The highest BCUT2D eigenvalue weighted by atomic mass is 15.2. The van der Waals surface area contributed by atoms with Crippen molar-refractivity contribution in [1.82, 2.24) is 5.32 Å². The van der Waals surface area contributed by atoms with Gasteiger partial charge in [-0.3, -0.25) is 0 Å². The normalized spacial score (nSPS) is 24.4. The molecule has 1 saturated heterocycles. The molecule has 94 valence electrons. The molecule has 3 rings (SSSR count). The number of hydrogen-bond acceptors (Lipinski definition) is 2. The van der Waals surface area contributed by atoms with Crippen molar-refractivity contribution in [3.05, 3.63) is 42.5 Å². The molecule has 1 fully saturated rings. The van der Waals surface area contributed by atoms with Gasteiger partial charge in [0.15, 0.2) is 0 Å².